The largest absolute Gasteiger partial charge is 0.393 e. The Morgan fingerprint density at radius 2 is 2.06 bits per heavy atom. The lowest BCUT2D eigenvalue weighted by Gasteiger charge is -2.10. The molecule has 0 spiro atoms. The summed E-state index contributed by atoms with van der Waals surface area (Å²) < 4.78 is 30.6. The van der Waals surface area contributed by atoms with Crippen molar-refractivity contribution in [3.63, 3.8) is 0 Å². The van der Waals surface area contributed by atoms with E-state index in [-0.39, 0.29) is 0 Å². The van der Waals surface area contributed by atoms with Gasteiger partial charge in [0.25, 0.3) is 0 Å². The molecule has 0 aromatic heterocycles. The van der Waals surface area contributed by atoms with Crippen LogP contribution < -0.4 is 0 Å². The Morgan fingerprint density at radius 3 is 2.69 bits per heavy atom. The van der Waals surface area contributed by atoms with E-state index in [2.05, 4.69) is 0 Å². The highest BCUT2D eigenvalue weighted by atomic mass is 19.2. The van der Waals surface area contributed by atoms with Crippen LogP contribution in [0.3, 0.4) is 0 Å². The summed E-state index contributed by atoms with van der Waals surface area (Å²) in [6.07, 6.45) is 0.216. The smallest absolute Gasteiger partial charge is 0.159 e. The number of hydrogen-bond donors (Lipinski definition) is 1. The summed E-state index contributed by atoms with van der Waals surface area (Å²) in [4.78, 5) is 0. The van der Waals surface area contributed by atoms with Gasteiger partial charge in [0, 0.05) is 13.2 Å². The summed E-state index contributed by atoms with van der Waals surface area (Å²) in [6, 6.07) is 3.65. The van der Waals surface area contributed by atoms with E-state index in [4.69, 9.17) is 4.74 Å². The molecule has 0 fully saturated rings. The zero-order valence-electron chi connectivity index (χ0n) is 9.25. The van der Waals surface area contributed by atoms with Crippen LogP contribution in [-0.2, 0) is 11.2 Å². The summed E-state index contributed by atoms with van der Waals surface area (Å²) in [5.74, 6) is -1.75. The molecule has 1 N–H and O–H groups in total. The van der Waals surface area contributed by atoms with E-state index < -0.39 is 17.7 Å². The van der Waals surface area contributed by atoms with Crippen LogP contribution in [0, 0.1) is 11.6 Å². The van der Waals surface area contributed by atoms with Gasteiger partial charge in [-0.3, -0.25) is 0 Å². The van der Waals surface area contributed by atoms with Crippen LogP contribution in [0.25, 0.3) is 0 Å². The minimum absolute atomic E-state index is 0.310. The van der Waals surface area contributed by atoms with Gasteiger partial charge in [0.1, 0.15) is 0 Å². The van der Waals surface area contributed by atoms with Gasteiger partial charge in [-0.15, -0.1) is 0 Å². The van der Waals surface area contributed by atoms with Crippen molar-refractivity contribution in [2.45, 2.75) is 25.9 Å². The molecule has 0 aliphatic heterocycles. The molecule has 1 aromatic carbocycles. The Bertz CT molecular complexity index is 329. The van der Waals surface area contributed by atoms with E-state index in [1.165, 1.54) is 6.07 Å². The highest BCUT2D eigenvalue weighted by Crippen LogP contribution is 2.11. The van der Waals surface area contributed by atoms with Crippen LogP contribution in [0.1, 0.15) is 18.9 Å². The van der Waals surface area contributed by atoms with Crippen LogP contribution in [0.15, 0.2) is 18.2 Å². The molecule has 0 aliphatic rings. The molecule has 1 rings (SSSR count). The average Bonchev–Trinajstić information content (AvgIpc) is 2.24. The third kappa shape index (κ3) is 4.24. The van der Waals surface area contributed by atoms with E-state index in [9.17, 15) is 13.9 Å². The summed E-state index contributed by atoms with van der Waals surface area (Å²) in [6.45, 7) is 2.96. The minimum atomic E-state index is -0.880. The molecular weight excluding hydrogens is 214 g/mol. The SMILES string of the molecule is CCOCCC(O)Cc1ccc(F)c(F)c1. The van der Waals surface area contributed by atoms with Gasteiger partial charge in [-0.1, -0.05) is 6.07 Å². The summed E-state index contributed by atoms with van der Waals surface area (Å²) in [5, 5.41) is 9.59. The molecule has 0 bridgehead atoms. The van der Waals surface area contributed by atoms with Gasteiger partial charge in [-0.05, 0) is 37.5 Å². The molecule has 4 heteroatoms. The van der Waals surface area contributed by atoms with Gasteiger partial charge in [0.05, 0.1) is 6.10 Å². The van der Waals surface area contributed by atoms with Crippen molar-refractivity contribution in [1.29, 1.82) is 0 Å². The molecule has 0 saturated carbocycles. The second-order valence-electron chi connectivity index (χ2n) is 3.59. The maximum absolute atomic E-state index is 12.9. The zero-order chi connectivity index (χ0) is 12.0. The Kier molecular flexibility index (Phi) is 5.35. The van der Waals surface area contributed by atoms with Crippen molar-refractivity contribution in [3.8, 4) is 0 Å². The van der Waals surface area contributed by atoms with Gasteiger partial charge in [0.2, 0.25) is 0 Å². The lowest BCUT2D eigenvalue weighted by Crippen LogP contribution is -2.13. The van der Waals surface area contributed by atoms with Crippen molar-refractivity contribution in [1.82, 2.24) is 0 Å². The molecule has 90 valence electrons. The number of aliphatic hydroxyl groups is 1. The number of benzene rings is 1. The summed E-state index contributed by atoms with van der Waals surface area (Å²) >= 11 is 0. The first-order valence-electron chi connectivity index (χ1n) is 5.33. The maximum Gasteiger partial charge on any atom is 0.159 e. The predicted octanol–water partition coefficient (Wildman–Crippen LogP) is 2.29. The molecule has 1 atom stereocenters. The third-order valence-electron chi connectivity index (χ3n) is 2.25. The normalized spacial score (nSPS) is 12.8. The molecule has 0 saturated heterocycles. The average molecular weight is 230 g/mol. The minimum Gasteiger partial charge on any atom is -0.393 e. The Hall–Kier alpha value is -1.00. The molecule has 2 nitrogen and oxygen atoms in total. The van der Waals surface area contributed by atoms with Crippen molar-refractivity contribution in [2.24, 2.45) is 0 Å². The summed E-state index contributed by atoms with van der Waals surface area (Å²) in [7, 11) is 0. The molecule has 0 radical (unpaired) electrons. The molecule has 1 unspecified atom stereocenters. The van der Waals surface area contributed by atoms with Gasteiger partial charge >= 0.3 is 0 Å². The highest BCUT2D eigenvalue weighted by molar-refractivity contribution is 5.18. The molecule has 1 aromatic rings. The van der Waals surface area contributed by atoms with Crippen LogP contribution in [0.4, 0.5) is 8.78 Å². The number of halogens is 2. The standard InChI is InChI=1S/C12H16F2O2/c1-2-16-6-5-10(15)7-9-3-4-11(13)12(14)8-9/h3-4,8,10,15H,2,5-7H2,1H3. The third-order valence-corrected chi connectivity index (χ3v) is 2.25. The maximum atomic E-state index is 12.9. The Morgan fingerprint density at radius 1 is 1.31 bits per heavy atom. The topological polar surface area (TPSA) is 29.5 Å². The van der Waals surface area contributed by atoms with E-state index in [0.717, 1.165) is 12.1 Å². The second-order valence-corrected chi connectivity index (χ2v) is 3.59. The second kappa shape index (κ2) is 6.55. The van der Waals surface area contributed by atoms with Gasteiger partial charge in [-0.25, -0.2) is 8.78 Å². The lowest BCUT2D eigenvalue weighted by atomic mass is 10.1. The summed E-state index contributed by atoms with van der Waals surface area (Å²) in [5.41, 5.74) is 0.586. The first-order chi connectivity index (χ1) is 7.63. The zero-order valence-corrected chi connectivity index (χ0v) is 9.25. The Balaban J connectivity index is 2.43. The van der Waals surface area contributed by atoms with Crippen LogP contribution in [0.5, 0.6) is 0 Å². The van der Waals surface area contributed by atoms with Crippen molar-refractivity contribution < 1.29 is 18.6 Å². The fourth-order valence-corrected chi connectivity index (χ4v) is 1.40. The number of hydrogen-bond acceptors (Lipinski definition) is 2. The van der Waals surface area contributed by atoms with Crippen LogP contribution >= 0.6 is 0 Å². The van der Waals surface area contributed by atoms with Crippen LogP contribution in [-0.4, -0.2) is 24.4 Å². The number of rotatable bonds is 6. The van der Waals surface area contributed by atoms with E-state index in [1.54, 1.807) is 0 Å². The molecular formula is C12H16F2O2. The fourth-order valence-electron chi connectivity index (χ4n) is 1.40. The van der Waals surface area contributed by atoms with Crippen LogP contribution in [0.2, 0.25) is 0 Å². The number of aliphatic hydroxyl groups excluding tert-OH is 1. The monoisotopic (exact) mass is 230 g/mol. The van der Waals surface area contributed by atoms with Gasteiger partial charge < -0.3 is 9.84 Å². The van der Waals surface area contributed by atoms with Crippen molar-refractivity contribution >= 4 is 0 Å². The van der Waals surface area contributed by atoms with Crippen molar-refractivity contribution in [2.75, 3.05) is 13.2 Å². The Labute approximate surface area is 93.9 Å². The fraction of sp³-hybridized carbons (Fsp3) is 0.500. The van der Waals surface area contributed by atoms with E-state index >= 15 is 0 Å². The molecule has 0 aliphatic carbocycles. The number of ether oxygens (including phenoxy) is 1. The highest BCUT2D eigenvalue weighted by Gasteiger charge is 2.08. The first kappa shape index (κ1) is 13.1. The van der Waals surface area contributed by atoms with Gasteiger partial charge in [0.15, 0.2) is 11.6 Å². The first-order valence-corrected chi connectivity index (χ1v) is 5.33. The predicted molar refractivity (Wildman–Crippen MR) is 57.2 cm³/mol. The quantitative estimate of drug-likeness (QED) is 0.760. The van der Waals surface area contributed by atoms with E-state index in [0.29, 0.717) is 31.6 Å². The molecule has 0 heterocycles. The van der Waals surface area contributed by atoms with Gasteiger partial charge in [-0.2, -0.15) is 0 Å². The van der Waals surface area contributed by atoms with Crippen molar-refractivity contribution in [3.05, 3.63) is 35.4 Å². The molecule has 0 amide bonds. The molecule has 16 heavy (non-hydrogen) atoms. The van der Waals surface area contributed by atoms with E-state index in [1.807, 2.05) is 6.92 Å². The lowest BCUT2D eigenvalue weighted by molar-refractivity contribution is 0.0887.